The lowest BCUT2D eigenvalue weighted by Crippen LogP contribution is -2.34. The number of carbonyl (C=O) groups excluding carboxylic acids is 2. The number of fused-ring (bicyclic) bond motifs is 1. The third kappa shape index (κ3) is 4.04. The molecule has 2 aliphatic heterocycles. The van der Waals surface area contributed by atoms with E-state index in [9.17, 15) is 9.59 Å². The van der Waals surface area contributed by atoms with Crippen molar-refractivity contribution in [2.45, 2.75) is 45.4 Å². The molecule has 8 heteroatoms. The lowest BCUT2D eigenvalue weighted by Gasteiger charge is -2.26. The highest BCUT2D eigenvalue weighted by molar-refractivity contribution is 6.34. The first-order valence-corrected chi connectivity index (χ1v) is 13.8. The Balaban J connectivity index is 1.42. The molecule has 2 saturated heterocycles. The van der Waals surface area contributed by atoms with E-state index in [0.717, 1.165) is 84.4 Å². The Morgan fingerprint density at radius 1 is 1.13 bits per heavy atom. The van der Waals surface area contributed by atoms with E-state index in [-0.39, 0.29) is 11.8 Å². The lowest BCUT2D eigenvalue weighted by molar-refractivity contribution is -0.134. The monoisotopic (exact) mass is 529 g/mol. The van der Waals surface area contributed by atoms with Gasteiger partial charge in [0, 0.05) is 60.4 Å². The van der Waals surface area contributed by atoms with Crippen molar-refractivity contribution >= 4 is 45.7 Å². The van der Waals surface area contributed by atoms with Crippen molar-refractivity contribution in [1.82, 2.24) is 19.4 Å². The van der Waals surface area contributed by atoms with Crippen molar-refractivity contribution in [3.05, 3.63) is 59.0 Å². The number of benzene rings is 1. The minimum Gasteiger partial charge on any atom is -0.342 e. The van der Waals surface area contributed by atoms with Gasteiger partial charge in [0.1, 0.15) is 12.0 Å². The van der Waals surface area contributed by atoms with Gasteiger partial charge >= 0.3 is 0 Å². The number of rotatable bonds is 4. The molecule has 1 aromatic carbocycles. The van der Waals surface area contributed by atoms with Gasteiger partial charge in [0.2, 0.25) is 5.91 Å². The van der Waals surface area contributed by atoms with Crippen molar-refractivity contribution in [1.29, 1.82) is 0 Å². The summed E-state index contributed by atoms with van der Waals surface area (Å²) in [5, 5.41) is 1.59. The van der Waals surface area contributed by atoms with E-state index in [4.69, 9.17) is 11.6 Å². The molecule has 3 aromatic rings. The summed E-state index contributed by atoms with van der Waals surface area (Å²) in [6, 6.07) is 5.82. The Labute approximate surface area is 227 Å². The maximum atomic E-state index is 13.1. The van der Waals surface area contributed by atoms with E-state index in [1.807, 2.05) is 37.1 Å². The number of aromatic nitrogens is 3. The average molecular weight is 530 g/mol. The first-order valence-electron chi connectivity index (χ1n) is 13.4. The molecule has 0 radical (unpaired) electrons. The largest absolute Gasteiger partial charge is 0.342 e. The second-order valence-electron chi connectivity index (χ2n) is 10.6. The Morgan fingerprint density at radius 2 is 1.92 bits per heavy atom. The highest BCUT2D eigenvalue weighted by Gasteiger charge is 2.31. The predicted octanol–water partition coefficient (Wildman–Crippen LogP) is 5.70. The van der Waals surface area contributed by atoms with Crippen LogP contribution < -0.4 is 4.90 Å². The molecule has 2 aromatic heterocycles. The molecular formula is C30H32ClN5O2. The van der Waals surface area contributed by atoms with Gasteiger partial charge in [-0.3, -0.25) is 9.59 Å². The molecule has 2 fully saturated rings. The van der Waals surface area contributed by atoms with Crippen LogP contribution in [0.4, 0.5) is 5.69 Å². The Bertz CT molecular complexity index is 1510. The summed E-state index contributed by atoms with van der Waals surface area (Å²) in [4.78, 5) is 38.5. The van der Waals surface area contributed by atoms with Crippen LogP contribution in [0.15, 0.2) is 42.8 Å². The number of nitrogens with zero attached hydrogens (tertiary/aromatic N) is 5. The van der Waals surface area contributed by atoms with Gasteiger partial charge in [-0.2, -0.15) is 0 Å². The minimum absolute atomic E-state index is 0.0447. The zero-order valence-electron chi connectivity index (χ0n) is 22.0. The first kappa shape index (κ1) is 24.9. The van der Waals surface area contributed by atoms with Gasteiger partial charge in [0.15, 0.2) is 0 Å². The molecule has 0 bridgehead atoms. The minimum atomic E-state index is -0.0459. The van der Waals surface area contributed by atoms with E-state index in [1.54, 1.807) is 11.2 Å². The zero-order chi connectivity index (χ0) is 26.6. The SMILES string of the molecule is C=C1CCN(c2ccc(-c3c(C4=CC[C@@H](C(=O)N5CCCC5)CC4)c4c(C)ncnc4n3C)c(Cl)c2)C1=O. The number of aryl methyl sites for hydroxylation is 2. The molecule has 7 nitrogen and oxygen atoms in total. The lowest BCUT2D eigenvalue weighted by atomic mass is 9.84. The van der Waals surface area contributed by atoms with Gasteiger partial charge in [-0.15, -0.1) is 0 Å². The molecule has 196 valence electrons. The molecule has 0 saturated carbocycles. The maximum Gasteiger partial charge on any atom is 0.253 e. The number of anilines is 1. The molecule has 0 unspecified atom stereocenters. The van der Waals surface area contributed by atoms with Crippen LogP contribution in [0.3, 0.4) is 0 Å². The van der Waals surface area contributed by atoms with Gasteiger partial charge in [-0.25, -0.2) is 9.97 Å². The topological polar surface area (TPSA) is 71.3 Å². The fourth-order valence-electron chi connectivity index (χ4n) is 6.27. The number of amides is 2. The zero-order valence-corrected chi connectivity index (χ0v) is 22.7. The number of hydrogen-bond donors (Lipinski definition) is 0. The van der Waals surface area contributed by atoms with Gasteiger partial charge in [0.25, 0.3) is 5.91 Å². The molecule has 2 amide bonds. The molecular weight excluding hydrogens is 498 g/mol. The summed E-state index contributed by atoms with van der Waals surface area (Å²) < 4.78 is 2.09. The summed E-state index contributed by atoms with van der Waals surface area (Å²) in [6.45, 7) is 8.28. The third-order valence-corrected chi connectivity index (χ3v) is 8.67. The number of allylic oxidation sites excluding steroid dienone is 2. The Kier molecular flexibility index (Phi) is 6.34. The third-order valence-electron chi connectivity index (χ3n) is 8.36. The van der Waals surface area contributed by atoms with Crippen molar-refractivity contribution in [2.24, 2.45) is 13.0 Å². The van der Waals surface area contributed by atoms with E-state index in [2.05, 4.69) is 27.2 Å². The van der Waals surface area contributed by atoms with E-state index >= 15 is 0 Å². The maximum absolute atomic E-state index is 13.1. The Morgan fingerprint density at radius 3 is 2.58 bits per heavy atom. The van der Waals surface area contributed by atoms with Crippen molar-refractivity contribution in [3.63, 3.8) is 0 Å². The second-order valence-corrected chi connectivity index (χ2v) is 11.1. The number of carbonyl (C=O) groups is 2. The first-order chi connectivity index (χ1) is 18.3. The normalized spacial score (nSPS) is 20.1. The number of hydrogen-bond acceptors (Lipinski definition) is 4. The van der Waals surface area contributed by atoms with Crippen LogP contribution in [0, 0.1) is 12.8 Å². The Hall–Kier alpha value is -3.45. The van der Waals surface area contributed by atoms with Crippen molar-refractivity contribution in [2.75, 3.05) is 24.5 Å². The van der Waals surface area contributed by atoms with Gasteiger partial charge in [-0.05, 0) is 69.2 Å². The van der Waals surface area contributed by atoms with Gasteiger partial charge in [-0.1, -0.05) is 24.3 Å². The summed E-state index contributed by atoms with van der Waals surface area (Å²) in [6.07, 6.45) is 9.10. The van der Waals surface area contributed by atoms with Crippen LogP contribution >= 0.6 is 11.6 Å². The number of halogens is 1. The molecule has 1 aliphatic carbocycles. The fraction of sp³-hybridized carbons (Fsp3) is 0.400. The fourth-order valence-corrected chi connectivity index (χ4v) is 6.53. The highest BCUT2D eigenvalue weighted by Crippen LogP contribution is 2.44. The summed E-state index contributed by atoms with van der Waals surface area (Å²) >= 11 is 6.93. The quantitative estimate of drug-likeness (QED) is 0.407. The molecule has 0 spiro atoms. The van der Waals surface area contributed by atoms with Crippen molar-refractivity contribution < 1.29 is 9.59 Å². The van der Waals surface area contributed by atoms with Gasteiger partial charge in [0.05, 0.1) is 16.4 Å². The standard InChI is InChI=1S/C30H32ClN5O2/c1-18-12-15-36(29(18)37)22-10-11-23(24(31)16-22)27-26(25-19(2)32-17-33-28(25)34(27)3)20-6-8-21(9-7-20)30(38)35-13-4-5-14-35/h6,10-11,16-17,21H,1,4-5,7-9,12-15H2,2-3H3/t21-/m1/s1. The molecule has 6 rings (SSSR count). The van der Waals surface area contributed by atoms with Crippen LogP contribution in [0.1, 0.15) is 49.8 Å². The molecule has 4 heterocycles. The summed E-state index contributed by atoms with van der Waals surface area (Å²) in [5.74, 6) is 0.298. The summed E-state index contributed by atoms with van der Waals surface area (Å²) in [5.41, 5.74) is 7.33. The van der Waals surface area contributed by atoms with Crippen LogP contribution in [0.5, 0.6) is 0 Å². The average Bonchev–Trinajstić information content (AvgIpc) is 3.64. The van der Waals surface area contributed by atoms with E-state index < -0.39 is 0 Å². The molecule has 1 atom stereocenters. The molecule has 0 N–H and O–H groups in total. The van der Waals surface area contributed by atoms with Gasteiger partial charge < -0.3 is 14.4 Å². The van der Waals surface area contributed by atoms with E-state index in [1.165, 1.54) is 5.57 Å². The van der Waals surface area contributed by atoms with Crippen LogP contribution in [-0.2, 0) is 16.6 Å². The summed E-state index contributed by atoms with van der Waals surface area (Å²) in [7, 11) is 2.01. The van der Waals surface area contributed by atoms with Crippen LogP contribution in [-0.4, -0.2) is 50.9 Å². The van der Waals surface area contributed by atoms with Crippen LogP contribution in [0.25, 0.3) is 27.9 Å². The second kappa shape index (κ2) is 9.70. The predicted molar refractivity (Wildman–Crippen MR) is 151 cm³/mol. The van der Waals surface area contributed by atoms with Crippen LogP contribution in [0.2, 0.25) is 5.02 Å². The molecule has 38 heavy (non-hydrogen) atoms. The smallest absolute Gasteiger partial charge is 0.253 e. The molecule has 3 aliphatic rings. The van der Waals surface area contributed by atoms with Crippen molar-refractivity contribution in [3.8, 4) is 11.3 Å². The highest BCUT2D eigenvalue weighted by atomic mass is 35.5. The van der Waals surface area contributed by atoms with E-state index in [0.29, 0.717) is 29.5 Å². The number of likely N-dealkylation sites (tertiary alicyclic amines) is 1.